The maximum atomic E-state index is 11.4. The Balaban J connectivity index is 4.03. The van der Waals surface area contributed by atoms with Gasteiger partial charge in [-0.2, -0.15) is 13.2 Å². The highest BCUT2D eigenvalue weighted by Gasteiger charge is 2.31. The van der Waals surface area contributed by atoms with Gasteiger partial charge in [0.1, 0.15) is 5.03 Å². The number of rotatable bonds is 1. The van der Waals surface area contributed by atoms with Crippen LogP contribution in [0.15, 0.2) is 11.1 Å². The van der Waals surface area contributed by atoms with E-state index in [-0.39, 0.29) is 4.43 Å². The van der Waals surface area contributed by atoms with Crippen LogP contribution in [0.1, 0.15) is 0 Å². The Bertz CT molecular complexity index is 117. The van der Waals surface area contributed by atoms with Gasteiger partial charge >= 0.3 is 6.18 Å². The SMILES string of the molecule is FC(F)(F)C(Cl)=CCI. The van der Waals surface area contributed by atoms with Crippen molar-refractivity contribution in [3.63, 3.8) is 0 Å². The van der Waals surface area contributed by atoms with Gasteiger partial charge in [-0.1, -0.05) is 40.3 Å². The molecule has 0 amide bonds. The molecule has 54 valence electrons. The van der Waals surface area contributed by atoms with E-state index in [1.54, 1.807) is 22.6 Å². The highest BCUT2D eigenvalue weighted by Crippen LogP contribution is 2.28. The van der Waals surface area contributed by atoms with Crippen molar-refractivity contribution in [1.82, 2.24) is 0 Å². The van der Waals surface area contributed by atoms with Crippen LogP contribution in [0.5, 0.6) is 0 Å². The van der Waals surface area contributed by atoms with E-state index >= 15 is 0 Å². The smallest absolute Gasteiger partial charge is 0.165 e. The van der Waals surface area contributed by atoms with Crippen molar-refractivity contribution in [2.24, 2.45) is 0 Å². The van der Waals surface area contributed by atoms with Gasteiger partial charge in [-0.25, -0.2) is 0 Å². The second-order valence-electron chi connectivity index (χ2n) is 1.20. The molecule has 0 N–H and O–H groups in total. The van der Waals surface area contributed by atoms with Gasteiger partial charge in [-0.3, -0.25) is 0 Å². The summed E-state index contributed by atoms with van der Waals surface area (Å²) in [5.74, 6) is 0. The summed E-state index contributed by atoms with van der Waals surface area (Å²) in [5, 5.41) is -1.04. The minimum Gasteiger partial charge on any atom is -0.165 e. The lowest BCUT2D eigenvalue weighted by Gasteiger charge is -2.01. The first kappa shape index (κ1) is 9.55. The fourth-order valence-corrected chi connectivity index (χ4v) is 0.961. The van der Waals surface area contributed by atoms with E-state index in [9.17, 15) is 13.2 Å². The molecule has 0 aliphatic rings. The largest absolute Gasteiger partial charge is 0.426 e. The Morgan fingerprint density at radius 1 is 1.56 bits per heavy atom. The number of halogens is 5. The fraction of sp³-hybridized carbons (Fsp3) is 0.500. The molecule has 0 aliphatic heterocycles. The number of hydrogen-bond acceptors (Lipinski definition) is 0. The molecule has 0 saturated carbocycles. The highest BCUT2D eigenvalue weighted by atomic mass is 127. The Labute approximate surface area is 69.2 Å². The van der Waals surface area contributed by atoms with Crippen molar-refractivity contribution in [2.75, 3.05) is 4.43 Å². The molecule has 0 aromatic carbocycles. The average molecular weight is 270 g/mol. The molecule has 0 fully saturated rings. The van der Waals surface area contributed by atoms with Crippen molar-refractivity contribution in [2.45, 2.75) is 6.18 Å². The van der Waals surface area contributed by atoms with Crippen LogP contribution in [-0.2, 0) is 0 Å². The molecule has 0 aromatic rings. The number of hydrogen-bond donors (Lipinski definition) is 0. The molecule has 0 aromatic heterocycles. The lowest BCUT2D eigenvalue weighted by atomic mass is 10.5. The summed E-state index contributed by atoms with van der Waals surface area (Å²) in [7, 11) is 0. The third-order valence-electron chi connectivity index (χ3n) is 0.527. The molecule has 0 nitrogen and oxygen atoms in total. The topological polar surface area (TPSA) is 0 Å². The maximum Gasteiger partial charge on any atom is 0.426 e. The third kappa shape index (κ3) is 4.02. The summed E-state index contributed by atoms with van der Waals surface area (Å²) >= 11 is 6.57. The number of allylic oxidation sites excluding steroid dienone is 2. The zero-order valence-electron chi connectivity index (χ0n) is 4.17. The van der Waals surface area contributed by atoms with Crippen LogP contribution in [0, 0.1) is 0 Å². The molecule has 0 spiro atoms. The normalized spacial score (nSPS) is 14.1. The van der Waals surface area contributed by atoms with Crippen LogP contribution >= 0.6 is 34.2 Å². The van der Waals surface area contributed by atoms with Crippen molar-refractivity contribution in [3.8, 4) is 0 Å². The first-order valence-corrected chi connectivity index (χ1v) is 3.87. The van der Waals surface area contributed by atoms with Gasteiger partial charge in [0, 0.05) is 4.43 Å². The van der Waals surface area contributed by atoms with Crippen LogP contribution in [0.3, 0.4) is 0 Å². The minimum absolute atomic E-state index is 0.274. The van der Waals surface area contributed by atoms with Gasteiger partial charge in [0.2, 0.25) is 0 Å². The average Bonchev–Trinajstić information content (AvgIpc) is 1.64. The van der Waals surface area contributed by atoms with Gasteiger partial charge in [-0.05, 0) is 0 Å². The first-order chi connectivity index (χ1) is 3.98. The van der Waals surface area contributed by atoms with E-state index in [1.165, 1.54) is 0 Å². The van der Waals surface area contributed by atoms with Crippen molar-refractivity contribution in [1.29, 1.82) is 0 Å². The van der Waals surface area contributed by atoms with Crippen LogP contribution in [-0.4, -0.2) is 10.6 Å². The minimum atomic E-state index is -4.37. The zero-order valence-corrected chi connectivity index (χ0v) is 7.09. The van der Waals surface area contributed by atoms with Gasteiger partial charge in [0.15, 0.2) is 0 Å². The zero-order chi connectivity index (χ0) is 7.49. The number of alkyl halides is 4. The maximum absolute atomic E-state index is 11.4. The molecule has 5 heteroatoms. The third-order valence-corrected chi connectivity index (χ3v) is 1.34. The van der Waals surface area contributed by atoms with Gasteiger partial charge in [0.25, 0.3) is 0 Å². The molecular weight excluding hydrogens is 267 g/mol. The summed E-state index contributed by atoms with van der Waals surface area (Å²) in [6, 6.07) is 0. The molecule has 0 rings (SSSR count). The van der Waals surface area contributed by atoms with E-state index in [0.29, 0.717) is 0 Å². The molecule has 0 aliphatic carbocycles. The van der Waals surface area contributed by atoms with E-state index in [1.807, 2.05) is 0 Å². The van der Waals surface area contributed by atoms with Crippen LogP contribution in [0.25, 0.3) is 0 Å². The van der Waals surface area contributed by atoms with Crippen molar-refractivity contribution >= 4 is 34.2 Å². The predicted molar refractivity (Wildman–Crippen MR) is 38.9 cm³/mol. The van der Waals surface area contributed by atoms with E-state index in [0.717, 1.165) is 6.08 Å². The second-order valence-corrected chi connectivity index (χ2v) is 2.49. The Kier molecular flexibility index (Phi) is 3.88. The summed E-state index contributed by atoms with van der Waals surface area (Å²) in [6.07, 6.45) is -3.45. The molecule has 0 saturated heterocycles. The lowest BCUT2D eigenvalue weighted by molar-refractivity contribution is -0.0845. The van der Waals surface area contributed by atoms with Gasteiger partial charge < -0.3 is 0 Å². The lowest BCUT2D eigenvalue weighted by Crippen LogP contribution is -2.06. The van der Waals surface area contributed by atoms with Gasteiger partial charge in [-0.15, -0.1) is 0 Å². The molecule has 0 atom stereocenters. The van der Waals surface area contributed by atoms with Crippen molar-refractivity contribution in [3.05, 3.63) is 11.1 Å². The quantitative estimate of drug-likeness (QED) is 0.507. The van der Waals surface area contributed by atoms with Crippen LogP contribution in [0.2, 0.25) is 0 Å². The fourth-order valence-electron chi connectivity index (χ4n) is 0.183. The van der Waals surface area contributed by atoms with Crippen molar-refractivity contribution < 1.29 is 13.2 Å². The molecule has 0 radical (unpaired) electrons. The van der Waals surface area contributed by atoms with E-state index in [4.69, 9.17) is 11.6 Å². The van der Waals surface area contributed by atoms with Crippen LogP contribution in [0.4, 0.5) is 13.2 Å². The molecule has 0 bridgehead atoms. The standard InChI is InChI=1S/C4H3ClF3I/c5-3(1-2-9)4(6,7)8/h1H,2H2. The molecule has 0 heterocycles. The van der Waals surface area contributed by atoms with E-state index in [2.05, 4.69) is 0 Å². The molecule has 9 heavy (non-hydrogen) atoms. The molecule has 0 unspecified atom stereocenters. The Morgan fingerprint density at radius 3 is 2.11 bits per heavy atom. The Hall–Kier alpha value is 0.550. The predicted octanol–water partition coefficient (Wildman–Crippen LogP) is 3.11. The highest BCUT2D eigenvalue weighted by molar-refractivity contribution is 14.1. The summed E-state index contributed by atoms with van der Waals surface area (Å²) in [4.78, 5) is 0. The Morgan fingerprint density at radius 2 is 2.00 bits per heavy atom. The molecular formula is C4H3ClF3I. The van der Waals surface area contributed by atoms with Gasteiger partial charge in [0.05, 0.1) is 0 Å². The van der Waals surface area contributed by atoms with E-state index < -0.39 is 11.2 Å². The monoisotopic (exact) mass is 270 g/mol. The summed E-state index contributed by atoms with van der Waals surface area (Å²) < 4.78 is 34.6. The second kappa shape index (κ2) is 3.65. The van der Waals surface area contributed by atoms with Crippen LogP contribution < -0.4 is 0 Å². The summed E-state index contributed by atoms with van der Waals surface area (Å²) in [6.45, 7) is 0. The first-order valence-electron chi connectivity index (χ1n) is 1.97. The summed E-state index contributed by atoms with van der Waals surface area (Å²) in [5.41, 5.74) is 0.